The van der Waals surface area contributed by atoms with Crippen molar-refractivity contribution in [3.05, 3.63) is 11.6 Å². The second kappa shape index (κ2) is 6.90. The molecule has 0 aliphatic heterocycles. The van der Waals surface area contributed by atoms with Crippen molar-refractivity contribution in [2.45, 2.75) is 91.1 Å². The lowest BCUT2D eigenvalue weighted by molar-refractivity contribution is -0.137. The fourth-order valence-corrected chi connectivity index (χ4v) is 8.17. The van der Waals surface area contributed by atoms with Crippen LogP contribution in [0.2, 0.25) is 0 Å². The molecule has 0 aromatic heterocycles. The first kappa shape index (κ1) is 19.5. The molecule has 1 unspecified atom stereocenters. The number of carboxylic acid groups (broad SMARTS) is 1. The summed E-state index contributed by atoms with van der Waals surface area (Å²) in [6.07, 6.45) is 13.0. The Balaban J connectivity index is 1.54. The Morgan fingerprint density at radius 3 is 2.70 bits per heavy atom. The Labute approximate surface area is 164 Å². The van der Waals surface area contributed by atoms with Crippen LogP contribution in [-0.4, -0.2) is 22.3 Å². The van der Waals surface area contributed by atoms with Gasteiger partial charge >= 0.3 is 5.97 Å². The smallest absolute Gasteiger partial charge is 0.303 e. The van der Waals surface area contributed by atoms with Gasteiger partial charge in [0.1, 0.15) is 0 Å². The van der Waals surface area contributed by atoms with Gasteiger partial charge in [-0.15, -0.1) is 0 Å². The van der Waals surface area contributed by atoms with E-state index in [1.165, 1.54) is 32.1 Å². The third kappa shape index (κ3) is 3.09. The maximum Gasteiger partial charge on any atom is 0.303 e. The average molecular weight is 375 g/mol. The topological polar surface area (TPSA) is 57.5 Å². The molecule has 3 saturated carbocycles. The van der Waals surface area contributed by atoms with Crippen molar-refractivity contribution >= 4 is 5.97 Å². The molecular weight excluding hydrogens is 336 g/mol. The third-order valence-corrected chi connectivity index (χ3v) is 9.65. The molecule has 0 amide bonds. The summed E-state index contributed by atoms with van der Waals surface area (Å²) in [6, 6.07) is 0. The highest BCUT2D eigenvalue weighted by Crippen LogP contribution is 2.67. The van der Waals surface area contributed by atoms with Crippen LogP contribution in [-0.2, 0) is 4.79 Å². The Morgan fingerprint density at radius 2 is 1.96 bits per heavy atom. The van der Waals surface area contributed by atoms with Gasteiger partial charge in [0.2, 0.25) is 0 Å². The molecule has 0 heterocycles. The van der Waals surface area contributed by atoms with Gasteiger partial charge in [0.15, 0.2) is 0 Å². The molecule has 8 atom stereocenters. The Bertz CT molecular complexity index is 625. The summed E-state index contributed by atoms with van der Waals surface area (Å²) in [5, 5.41) is 19.2. The van der Waals surface area contributed by atoms with Gasteiger partial charge in [-0.2, -0.15) is 0 Å². The van der Waals surface area contributed by atoms with E-state index < -0.39 is 5.97 Å². The Hall–Kier alpha value is -0.830. The number of rotatable bonds is 4. The minimum atomic E-state index is -0.650. The van der Waals surface area contributed by atoms with Crippen LogP contribution < -0.4 is 0 Å². The van der Waals surface area contributed by atoms with Crippen molar-refractivity contribution in [3.63, 3.8) is 0 Å². The SMILES string of the molecule is C[C@H](CCC(=O)O)[C@H]1CC[C@H]2[C@@H]3CC=C4C[C@@H](O)CC[C@]4(C)C3CC[C@]12C. The van der Waals surface area contributed by atoms with Gasteiger partial charge < -0.3 is 10.2 Å². The van der Waals surface area contributed by atoms with E-state index in [-0.39, 0.29) is 6.10 Å². The molecule has 4 aliphatic carbocycles. The molecule has 0 spiro atoms. The maximum absolute atomic E-state index is 11.0. The average Bonchev–Trinajstić information content (AvgIpc) is 2.97. The van der Waals surface area contributed by atoms with E-state index >= 15 is 0 Å². The van der Waals surface area contributed by atoms with Gasteiger partial charge in [-0.25, -0.2) is 0 Å². The number of allylic oxidation sites excluding steroid dienone is 1. The van der Waals surface area contributed by atoms with Crippen molar-refractivity contribution in [1.29, 1.82) is 0 Å². The zero-order valence-electron chi connectivity index (χ0n) is 17.4. The summed E-state index contributed by atoms with van der Waals surface area (Å²) in [6.45, 7) is 7.33. The van der Waals surface area contributed by atoms with E-state index in [0.717, 1.165) is 43.4 Å². The monoisotopic (exact) mass is 374 g/mol. The van der Waals surface area contributed by atoms with E-state index in [1.54, 1.807) is 5.57 Å². The van der Waals surface area contributed by atoms with E-state index in [0.29, 0.717) is 29.1 Å². The fourth-order valence-electron chi connectivity index (χ4n) is 8.17. The van der Waals surface area contributed by atoms with Crippen molar-refractivity contribution in [2.24, 2.45) is 40.4 Å². The molecule has 2 N–H and O–H groups in total. The van der Waals surface area contributed by atoms with Gasteiger partial charge in [0.25, 0.3) is 0 Å². The lowest BCUT2D eigenvalue weighted by Crippen LogP contribution is -2.50. The molecule has 3 nitrogen and oxygen atoms in total. The first-order chi connectivity index (χ1) is 12.8. The fraction of sp³-hybridized carbons (Fsp3) is 0.875. The molecular formula is C24H38O3. The zero-order chi connectivity index (χ0) is 19.4. The van der Waals surface area contributed by atoms with Crippen molar-refractivity contribution in [3.8, 4) is 0 Å². The van der Waals surface area contributed by atoms with Gasteiger partial charge in [0, 0.05) is 6.42 Å². The minimum absolute atomic E-state index is 0.124. The normalized spacial score (nSPS) is 47.4. The van der Waals surface area contributed by atoms with Gasteiger partial charge in [-0.1, -0.05) is 32.4 Å². The molecule has 27 heavy (non-hydrogen) atoms. The van der Waals surface area contributed by atoms with Crippen LogP contribution in [0.4, 0.5) is 0 Å². The van der Waals surface area contributed by atoms with E-state index in [9.17, 15) is 9.90 Å². The molecule has 4 rings (SSSR count). The predicted molar refractivity (Wildman–Crippen MR) is 107 cm³/mol. The highest BCUT2D eigenvalue weighted by atomic mass is 16.4. The van der Waals surface area contributed by atoms with Crippen LogP contribution in [0, 0.1) is 40.4 Å². The first-order valence-electron chi connectivity index (χ1n) is 11.3. The molecule has 0 bridgehead atoms. The highest BCUT2D eigenvalue weighted by Gasteiger charge is 2.59. The number of fused-ring (bicyclic) bond motifs is 5. The van der Waals surface area contributed by atoms with Gasteiger partial charge in [0.05, 0.1) is 6.10 Å². The largest absolute Gasteiger partial charge is 0.481 e. The summed E-state index contributed by atoms with van der Waals surface area (Å²) in [5.74, 6) is 2.94. The number of carboxylic acids is 1. The summed E-state index contributed by atoms with van der Waals surface area (Å²) >= 11 is 0. The molecule has 4 aliphatic rings. The van der Waals surface area contributed by atoms with Crippen molar-refractivity contribution in [2.75, 3.05) is 0 Å². The van der Waals surface area contributed by atoms with E-state index in [4.69, 9.17) is 5.11 Å². The lowest BCUT2D eigenvalue weighted by Gasteiger charge is -2.58. The maximum atomic E-state index is 11.0. The van der Waals surface area contributed by atoms with Crippen molar-refractivity contribution in [1.82, 2.24) is 0 Å². The molecule has 0 saturated heterocycles. The summed E-state index contributed by atoms with van der Waals surface area (Å²) < 4.78 is 0. The second-order valence-electron chi connectivity index (χ2n) is 10.8. The summed E-state index contributed by atoms with van der Waals surface area (Å²) in [4.78, 5) is 11.0. The highest BCUT2D eigenvalue weighted by molar-refractivity contribution is 5.66. The molecule has 3 fully saturated rings. The summed E-state index contributed by atoms with van der Waals surface area (Å²) in [5.41, 5.74) is 2.27. The minimum Gasteiger partial charge on any atom is -0.481 e. The number of aliphatic hydroxyl groups excluding tert-OH is 1. The molecule has 0 aromatic carbocycles. The van der Waals surface area contributed by atoms with Crippen LogP contribution in [0.15, 0.2) is 11.6 Å². The number of carbonyl (C=O) groups is 1. The van der Waals surface area contributed by atoms with E-state index in [1.807, 2.05) is 0 Å². The third-order valence-electron chi connectivity index (χ3n) is 9.65. The number of hydrogen-bond acceptors (Lipinski definition) is 2. The zero-order valence-corrected chi connectivity index (χ0v) is 17.4. The Kier molecular flexibility index (Phi) is 4.98. The number of aliphatic hydroxyl groups is 1. The van der Waals surface area contributed by atoms with Gasteiger partial charge in [-0.05, 0) is 98.2 Å². The quantitative estimate of drug-likeness (QED) is 0.645. The lowest BCUT2D eigenvalue weighted by atomic mass is 9.47. The number of aliphatic carboxylic acids is 1. The standard InChI is InChI=1S/C24H38O3/c1-15(4-9-22(26)27)19-7-8-20-18-6-5-16-14-17(25)10-12-23(16,2)21(18)11-13-24(19,20)3/h5,15,17-21,25H,4,6-14H2,1-3H3,(H,26,27)/t15-,17+,18+,19-,20+,21?,23+,24-/m1/s1. The van der Waals surface area contributed by atoms with Crippen LogP contribution in [0.5, 0.6) is 0 Å². The second-order valence-corrected chi connectivity index (χ2v) is 10.8. The van der Waals surface area contributed by atoms with Crippen molar-refractivity contribution < 1.29 is 15.0 Å². The molecule has 0 radical (unpaired) electrons. The van der Waals surface area contributed by atoms with Crippen LogP contribution in [0.1, 0.15) is 85.0 Å². The molecule has 0 aromatic rings. The van der Waals surface area contributed by atoms with Crippen LogP contribution in [0.25, 0.3) is 0 Å². The first-order valence-corrected chi connectivity index (χ1v) is 11.3. The predicted octanol–water partition coefficient (Wildman–Crippen LogP) is 5.43. The van der Waals surface area contributed by atoms with Gasteiger partial charge in [-0.3, -0.25) is 4.79 Å². The molecule has 152 valence electrons. The van der Waals surface area contributed by atoms with Crippen LogP contribution >= 0.6 is 0 Å². The van der Waals surface area contributed by atoms with Crippen LogP contribution in [0.3, 0.4) is 0 Å². The summed E-state index contributed by atoms with van der Waals surface area (Å²) in [7, 11) is 0. The number of hydrogen-bond donors (Lipinski definition) is 2. The Morgan fingerprint density at radius 1 is 1.19 bits per heavy atom. The van der Waals surface area contributed by atoms with E-state index in [2.05, 4.69) is 26.8 Å². The molecule has 3 heteroatoms.